The smallest absolute Gasteiger partial charge is 0.281 e. The molecule has 0 N–H and O–H groups in total. The SMILES string of the molecule is CC(=O)[C@H]1CCC[C@H]1CCc1ccc(-c2noc(-c3nnn(-c4ccccc4F)c3-c3ccncc3)n2)cc1. The molecular formula is C30H27FN6O2. The first-order chi connectivity index (χ1) is 19.1. The minimum atomic E-state index is -0.430. The maximum absolute atomic E-state index is 14.7. The molecule has 0 aliphatic heterocycles. The summed E-state index contributed by atoms with van der Waals surface area (Å²) in [4.78, 5) is 20.6. The van der Waals surface area contributed by atoms with E-state index in [4.69, 9.17) is 4.52 Å². The molecule has 3 heterocycles. The summed E-state index contributed by atoms with van der Waals surface area (Å²) < 4.78 is 21.7. The van der Waals surface area contributed by atoms with Crippen LogP contribution in [0.3, 0.4) is 0 Å². The molecule has 5 aromatic rings. The van der Waals surface area contributed by atoms with E-state index in [1.165, 1.54) is 16.3 Å². The first-order valence-corrected chi connectivity index (χ1v) is 13.1. The summed E-state index contributed by atoms with van der Waals surface area (Å²) in [6.07, 6.45) is 8.54. The Morgan fingerprint density at radius 2 is 1.82 bits per heavy atom. The number of aryl methyl sites for hydroxylation is 1. The van der Waals surface area contributed by atoms with E-state index in [1.807, 2.05) is 12.1 Å². The molecule has 1 fully saturated rings. The monoisotopic (exact) mass is 522 g/mol. The van der Waals surface area contributed by atoms with Crippen molar-refractivity contribution >= 4 is 5.78 Å². The van der Waals surface area contributed by atoms with Crippen molar-refractivity contribution in [2.24, 2.45) is 11.8 Å². The quantitative estimate of drug-likeness (QED) is 0.242. The summed E-state index contributed by atoms with van der Waals surface area (Å²) in [5.74, 6) is 1.19. The van der Waals surface area contributed by atoms with E-state index < -0.39 is 5.82 Å². The number of rotatable bonds is 8. The molecule has 0 saturated heterocycles. The summed E-state index contributed by atoms with van der Waals surface area (Å²) in [6.45, 7) is 1.72. The van der Waals surface area contributed by atoms with Gasteiger partial charge in [0.25, 0.3) is 5.89 Å². The van der Waals surface area contributed by atoms with Gasteiger partial charge in [0.15, 0.2) is 5.69 Å². The van der Waals surface area contributed by atoms with Crippen molar-refractivity contribution in [1.29, 1.82) is 0 Å². The highest BCUT2D eigenvalue weighted by Crippen LogP contribution is 2.36. The van der Waals surface area contributed by atoms with Gasteiger partial charge in [0.1, 0.15) is 23.0 Å². The highest BCUT2D eigenvalue weighted by molar-refractivity contribution is 5.79. The molecule has 3 aromatic heterocycles. The fourth-order valence-electron chi connectivity index (χ4n) is 5.51. The predicted molar refractivity (Wildman–Crippen MR) is 143 cm³/mol. The second-order valence-electron chi connectivity index (χ2n) is 9.95. The van der Waals surface area contributed by atoms with Gasteiger partial charge in [0, 0.05) is 29.4 Å². The van der Waals surface area contributed by atoms with Crippen LogP contribution in [0.15, 0.2) is 77.6 Å². The lowest BCUT2D eigenvalue weighted by atomic mass is 9.87. The minimum absolute atomic E-state index is 0.181. The fraction of sp³-hybridized carbons (Fsp3) is 0.267. The molecule has 1 aliphatic carbocycles. The third kappa shape index (κ3) is 4.99. The van der Waals surface area contributed by atoms with Gasteiger partial charge in [-0.1, -0.05) is 53.2 Å². The molecular weight excluding hydrogens is 495 g/mol. The molecule has 2 atom stereocenters. The molecule has 0 spiro atoms. The molecule has 0 bridgehead atoms. The van der Waals surface area contributed by atoms with Gasteiger partial charge in [0.05, 0.1) is 0 Å². The Bertz CT molecular complexity index is 1600. The normalized spacial score (nSPS) is 17.0. The van der Waals surface area contributed by atoms with Crippen LogP contribution in [0.2, 0.25) is 0 Å². The molecule has 0 amide bonds. The van der Waals surface area contributed by atoms with E-state index in [1.54, 1.807) is 49.6 Å². The number of Topliss-reactive ketones (excluding diaryl/α,β-unsaturated/α-hetero) is 1. The Morgan fingerprint density at radius 3 is 2.59 bits per heavy atom. The van der Waals surface area contributed by atoms with Crippen molar-refractivity contribution < 1.29 is 13.7 Å². The number of aromatic nitrogens is 6. The number of hydrogen-bond donors (Lipinski definition) is 0. The van der Waals surface area contributed by atoms with Crippen molar-refractivity contribution in [2.75, 3.05) is 0 Å². The number of benzene rings is 2. The predicted octanol–water partition coefficient (Wildman–Crippen LogP) is 6.12. The molecule has 0 unspecified atom stereocenters. The van der Waals surface area contributed by atoms with E-state index in [0.29, 0.717) is 28.9 Å². The summed E-state index contributed by atoms with van der Waals surface area (Å²) >= 11 is 0. The number of halogens is 1. The highest BCUT2D eigenvalue weighted by atomic mass is 19.1. The topological polar surface area (TPSA) is 99.6 Å². The van der Waals surface area contributed by atoms with Crippen LogP contribution in [0.5, 0.6) is 0 Å². The largest absolute Gasteiger partial charge is 0.332 e. The van der Waals surface area contributed by atoms with Crippen molar-refractivity contribution in [2.45, 2.75) is 39.0 Å². The lowest BCUT2D eigenvalue weighted by Crippen LogP contribution is -2.16. The third-order valence-corrected chi connectivity index (χ3v) is 7.53. The molecule has 9 heteroatoms. The van der Waals surface area contributed by atoms with Crippen LogP contribution in [-0.4, -0.2) is 35.9 Å². The fourth-order valence-corrected chi connectivity index (χ4v) is 5.51. The Morgan fingerprint density at radius 1 is 1.03 bits per heavy atom. The van der Waals surface area contributed by atoms with Gasteiger partial charge in [-0.2, -0.15) is 4.98 Å². The second-order valence-corrected chi connectivity index (χ2v) is 9.95. The molecule has 8 nitrogen and oxygen atoms in total. The average molecular weight is 523 g/mol. The van der Waals surface area contributed by atoms with E-state index in [-0.39, 0.29) is 17.5 Å². The lowest BCUT2D eigenvalue weighted by molar-refractivity contribution is -0.121. The Labute approximate surface area is 224 Å². The average Bonchev–Trinajstić information content (AvgIpc) is 3.73. The molecule has 6 rings (SSSR count). The second kappa shape index (κ2) is 10.7. The zero-order valence-corrected chi connectivity index (χ0v) is 21.5. The number of hydrogen-bond acceptors (Lipinski definition) is 7. The van der Waals surface area contributed by atoms with Crippen LogP contribution >= 0.6 is 0 Å². The molecule has 0 radical (unpaired) electrons. The van der Waals surface area contributed by atoms with Gasteiger partial charge in [-0.05, 0) is 68.4 Å². The zero-order valence-electron chi connectivity index (χ0n) is 21.5. The summed E-state index contributed by atoms with van der Waals surface area (Å²) in [6, 6.07) is 18.0. The van der Waals surface area contributed by atoms with Crippen molar-refractivity contribution in [3.8, 4) is 39.9 Å². The standard InChI is InChI=1S/C30H27FN6O2/c1-19(38)24-6-4-5-21(24)12-9-20-10-13-23(14-11-20)29-33-30(39-35-29)27-28(22-15-17-32-18-16-22)37(36-34-27)26-8-3-2-7-25(26)31/h2-3,7-8,10-11,13-18,21,24H,4-6,9,12H2,1H3/t21-,24+/m0/s1. The van der Waals surface area contributed by atoms with Crippen molar-refractivity contribution in [3.63, 3.8) is 0 Å². The van der Waals surface area contributed by atoms with E-state index in [9.17, 15) is 9.18 Å². The third-order valence-electron chi connectivity index (χ3n) is 7.53. The van der Waals surface area contributed by atoms with Crippen LogP contribution in [-0.2, 0) is 11.2 Å². The number of nitrogens with zero attached hydrogens (tertiary/aromatic N) is 6. The van der Waals surface area contributed by atoms with Gasteiger partial charge in [-0.3, -0.25) is 9.78 Å². The van der Waals surface area contributed by atoms with Crippen LogP contribution in [0.1, 0.15) is 38.2 Å². The Balaban J connectivity index is 1.26. The van der Waals surface area contributed by atoms with Crippen molar-refractivity contribution in [1.82, 2.24) is 30.1 Å². The molecule has 1 aliphatic rings. The minimum Gasteiger partial charge on any atom is -0.332 e. The number of pyridine rings is 1. The van der Waals surface area contributed by atoms with Crippen molar-refractivity contribution in [3.05, 3.63) is 84.4 Å². The molecule has 39 heavy (non-hydrogen) atoms. The summed E-state index contributed by atoms with van der Waals surface area (Å²) in [5.41, 5.74) is 3.87. The van der Waals surface area contributed by atoms with Crippen LogP contribution < -0.4 is 0 Å². The van der Waals surface area contributed by atoms with Gasteiger partial charge >= 0.3 is 0 Å². The van der Waals surface area contributed by atoms with Gasteiger partial charge < -0.3 is 4.52 Å². The van der Waals surface area contributed by atoms with Gasteiger partial charge in [0.2, 0.25) is 5.82 Å². The number of carbonyl (C=O) groups excluding carboxylic acids is 1. The number of carbonyl (C=O) groups is 1. The van der Waals surface area contributed by atoms with E-state index in [2.05, 4.69) is 37.6 Å². The lowest BCUT2D eigenvalue weighted by Gasteiger charge is -2.16. The highest BCUT2D eigenvalue weighted by Gasteiger charge is 2.30. The molecule has 196 valence electrons. The first kappa shape index (κ1) is 24.8. The van der Waals surface area contributed by atoms with Crippen LogP contribution in [0.25, 0.3) is 39.9 Å². The summed E-state index contributed by atoms with van der Waals surface area (Å²) in [7, 11) is 0. The number of para-hydroxylation sites is 1. The number of ketones is 1. The van der Waals surface area contributed by atoms with Crippen LogP contribution in [0.4, 0.5) is 4.39 Å². The van der Waals surface area contributed by atoms with E-state index >= 15 is 0 Å². The maximum Gasteiger partial charge on any atom is 0.281 e. The molecule has 1 saturated carbocycles. The zero-order chi connectivity index (χ0) is 26.8. The van der Waals surface area contributed by atoms with Gasteiger partial charge in [-0.15, -0.1) is 5.10 Å². The first-order valence-electron chi connectivity index (χ1n) is 13.1. The van der Waals surface area contributed by atoms with E-state index in [0.717, 1.165) is 43.2 Å². The molecule has 2 aromatic carbocycles. The maximum atomic E-state index is 14.7. The summed E-state index contributed by atoms with van der Waals surface area (Å²) in [5, 5.41) is 12.7. The van der Waals surface area contributed by atoms with Crippen LogP contribution in [0, 0.1) is 17.7 Å². The van der Waals surface area contributed by atoms with Gasteiger partial charge in [-0.25, -0.2) is 9.07 Å². The Hall–Kier alpha value is -4.53. The Kier molecular flexibility index (Phi) is 6.79.